The largest absolute Gasteiger partial charge is 0.345 e. The zero-order valence-corrected chi connectivity index (χ0v) is 18.5. The maximum absolute atomic E-state index is 13.8. The highest BCUT2D eigenvalue weighted by molar-refractivity contribution is 5.99. The molecule has 2 aliphatic heterocycles. The van der Waals surface area contributed by atoms with Crippen LogP contribution in [0.15, 0.2) is 42.5 Å². The van der Waals surface area contributed by atoms with Crippen LogP contribution in [0.4, 0.5) is 4.39 Å². The van der Waals surface area contributed by atoms with Crippen LogP contribution in [0, 0.1) is 5.82 Å². The Morgan fingerprint density at radius 1 is 1.09 bits per heavy atom. The molecule has 2 fully saturated rings. The fourth-order valence-corrected chi connectivity index (χ4v) is 5.59. The summed E-state index contributed by atoms with van der Waals surface area (Å²) in [7, 11) is 0. The van der Waals surface area contributed by atoms with Crippen LogP contribution in [0.3, 0.4) is 0 Å². The monoisotopic (exact) mass is 446 g/mol. The minimum absolute atomic E-state index is 0.0761. The average molecular weight is 447 g/mol. The standard InChI is InChI=1S/C26H27FN4O2/c27-17-8-9-23-22(14-17)28-25(16-4-3-5-16)31(23)18-10-12-30(13-11-18)24(32)15-21-19-6-1-2-7-20(19)26(33)29-21/h1-2,6-9,14,16,18,21H,3-5,10-13,15H2,(H,29,33). The molecule has 170 valence electrons. The van der Waals surface area contributed by atoms with Crippen molar-refractivity contribution >= 4 is 22.8 Å². The van der Waals surface area contributed by atoms with Gasteiger partial charge in [0.05, 0.1) is 23.5 Å². The molecule has 3 aromatic rings. The third-order valence-corrected chi connectivity index (χ3v) is 7.60. The molecule has 1 unspecified atom stereocenters. The van der Waals surface area contributed by atoms with Crippen LogP contribution >= 0.6 is 0 Å². The molecule has 1 saturated heterocycles. The fraction of sp³-hybridized carbons (Fsp3) is 0.423. The smallest absolute Gasteiger partial charge is 0.252 e. The van der Waals surface area contributed by atoms with Crippen molar-refractivity contribution in [3.63, 3.8) is 0 Å². The van der Waals surface area contributed by atoms with Crippen molar-refractivity contribution in [3.8, 4) is 0 Å². The number of nitrogens with one attached hydrogen (secondary N) is 1. The van der Waals surface area contributed by atoms with Crippen LogP contribution < -0.4 is 5.32 Å². The maximum atomic E-state index is 13.8. The Hall–Kier alpha value is -3.22. The first-order valence-corrected chi connectivity index (χ1v) is 11.9. The molecule has 3 heterocycles. The molecule has 1 aliphatic carbocycles. The second-order valence-corrected chi connectivity index (χ2v) is 9.53. The molecule has 2 aromatic carbocycles. The molecule has 33 heavy (non-hydrogen) atoms. The van der Waals surface area contributed by atoms with Crippen molar-refractivity contribution in [1.29, 1.82) is 0 Å². The lowest BCUT2D eigenvalue weighted by atomic mass is 9.84. The molecular formula is C26H27FN4O2. The molecule has 1 N–H and O–H groups in total. The number of hydrogen-bond donors (Lipinski definition) is 1. The number of likely N-dealkylation sites (tertiary alicyclic amines) is 1. The second kappa shape index (κ2) is 7.97. The highest BCUT2D eigenvalue weighted by Gasteiger charge is 2.34. The van der Waals surface area contributed by atoms with Gasteiger partial charge in [-0.1, -0.05) is 24.6 Å². The summed E-state index contributed by atoms with van der Waals surface area (Å²) in [5, 5.41) is 2.95. The van der Waals surface area contributed by atoms with E-state index in [4.69, 9.17) is 4.98 Å². The van der Waals surface area contributed by atoms with E-state index >= 15 is 0 Å². The summed E-state index contributed by atoms with van der Waals surface area (Å²) in [6.45, 7) is 1.35. The Labute approximate surface area is 191 Å². The van der Waals surface area contributed by atoms with Crippen molar-refractivity contribution in [3.05, 3.63) is 65.2 Å². The molecule has 3 aliphatic rings. The number of imidazole rings is 1. The van der Waals surface area contributed by atoms with E-state index in [2.05, 4.69) is 9.88 Å². The van der Waals surface area contributed by atoms with E-state index < -0.39 is 0 Å². The number of rotatable bonds is 4. The SMILES string of the molecule is O=C1NC(CC(=O)N2CCC(n3c(C4CCC4)nc4cc(F)ccc43)CC2)c2ccccc21. The summed E-state index contributed by atoms with van der Waals surface area (Å²) in [6, 6.07) is 12.4. The van der Waals surface area contributed by atoms with Crippen molar-refractivity contribution in [1.82, 2.24) is 19.8 Å². The second-order valence-electron chi connectivity index (χ2n) is 9.53. The third kappa shape index (κ3) is 3.50. The lowest BCUT2D eigenvalue weighted by molar-refractivity contribution is -0.133. The number of amides is 2. The highest BCUT2D eigenvalue weighted by Crippen LogP contribution is 2.40. The summed E-state index contributed by atoms with van der Waals surface area (Å²) in [5.41, 5.74) is 3.30. The van der Waals surface area contributed by atoms with E-state index in [1.165, 1.54) is 18.6 Å². The Morgan fingerprint density at radius 3 is 2.64 bits per heavy atom. The van der Waals surface area contributed by atoms with Crippen molar-refractivity contribution < 1.29 is 14.0 Å². The number of halogens is 1. The van der Waals surface area contributed by atoms with E-state index in [0.29, 0.717) is 24.6 Å². The van der Waals surface area contributed by atoms with Crippen LogP contribution in [-0.4, -0.2) is 39.4 Å². The summed E-state index contributed by atoms with van der Waals surface area (Å²) < 4.78 is 16.1. The van der Waals surface area contributed by atoms with Crippen LogP contribution in [0.2, 0.25) is 0 Å². The molecule has 1 saturated carbocycles. The number of hydrogen-bond acceptors (Lipinski definition) is 3. The van der Waals surface area contributed by atoms with Gasteiger partial charge in [0.1, 0.15) is 11.6 Å². The summed E-state index contributed by atoms with van der Waals surface area (Å²) >= 11 is 0. The number of piperidine rings is 1. The number of aromatic nitrogens is 2. The maximum Gasteiger partial charge on any atom is 0.252 e. The topological polar surface area (TPSA) is 67.2 Å². The van der Waals surface area contributed by atoms with Gasteiger partial charge in [-0.3, -0.25) is 9.59 Å². The van der Waals surface area contributed by atoms with Gasteiger partial charge in [-0.2, -0.15) is 0 Å². The van der Waals surface area contributed by atoms with E-state index in [1.54, 1.807) is 0 Å². The van der Waals surface area contributed by atoms with E-state index in [9.17, 15) is 14.0 Å². The van der Waals surface area contributed by atoms with Gasteiger partial charge in [-0.15, -0.1) is 0 Å². The Kier molecular flexibility index (Phi) is 4.93. The Bertz CT molecular complexity index is 1240. The number of carbonyl (C=O) groups excluding carboxylic acids is 2. The molecule has 0 radical (unpaired) electrons. The molecular weight excluding hydrogens is 419 g/mol. The average Bonchev–Trinajstić information content (AvgIpc) is 3.30. The van der Waals surface area contributed by atoms with Crippen LogP contribution in [0.1, 0.15) is 78.3 Å². The lowest BCUT2D eigenvalue weighted by Crippen LogP contribution is -2.40. The Morgan fingerprint density at radius 2 is 1.88 bits per heavy atom. The normalized spacial score (nSPS) is 21.2. The molecule has 0 bridgehead atoms. The van der Waals surface area contributed by atoms with E-state index in [0.717, 1.165) is 48.1 Å². The molecule has 1 aromatic heterocycles. The van der Waals surface area contributed by atoms with Gasteiger partial charge in [0.25, 0.3) is 5.91 Å². The van der Waals surface area contributed by atoms with Crippen molar-refractivity contribution in [2.75, 3.05) is 13.1 Å². The van der Waals surface area contributed by atoms with Crippen molar-refractivity contribution in [2.24, 2.45) is 0 Å². The first-order valence-electron chi connectivity index (χ1n) is 11.9. The third-order valence-electron chi connectivity index (χ3n) is 7.60. The first-order chi connectivity index (χ1) is 16.1. The van der Waals surface area contributed by atoms with Gasteiger partial charge in [-0.05, 0) is 49.4 Å². The Balaban J connectivity index is 1.17. The minimum atomic E-state index is -0.256. The summed E-state index contributed by atoms with van der Waals surface area (Å²) in [5.74, 6) is 1.25. The molecule has 6 rings (SSSR count). The summed E-state index contributed by atoms with van der Waals surface area (Å²) in [6.07, 6.45) is 5.48. The predicted octanol–water partition coefficient (Wildman–Crippen LogP) is 4.48. The zero-order chi connectivity index (χ0) is 22.5. The van der Waals surface area contributed by atoms with Crippen molar-refractivity contribution in [2.45, 2.75) is 56.5 Å². The van der Waals surface area contributed by atoms with Crippen LogP contribution in [-0.2, 0) is 4.79 Å². The minimum Gasteiger partial charge on any atom is -0.345 e. The number of carbonyl (C=O) groups is 2. The van der Waals surface area contributed by atoms with Crippen LogP contribution in [0.5, 0.6) is 0 Å². The van der Waals surface area contributed by atoms with E-state index in [-0.39, 0.29) is 36.1 Å². The van der Waals surface area contributed by atoms with Gasteiger partial charge in [0.15, 0.2) is 0 Å². The molecule has 2 amide bonds. The highest BCUT2D eigenvalue weighted by atomic mass is 19.1. The van der Waals surface area contributed by atoms with Gasteiger partial charge in [-0.25, -0.2) is 9.37 Å². The predicted molar refractivity (Wildman–Crippen MR) is 122 cm³/mol. The molecule has 7 heteroatoms. The first kappa shape index (κ1) is 20.4. The zero-order valence-electron chi connectivity index (χ0n) is 18.5. The van der Waals surface area contributed by atoms with Gasteiger partial charge < -0.3 is 14.8 Å². The van der Waals surface area contributed by atoms with Crippen LogP contribution in [0.25, 0.3) is 11.0 Å². The number of nitrogens with zero attached hydrogens (tertiary/aromatic N) is 3. The quantitative estimate of drug-likeness (QED) is 0.643. The fourth-order valence-electron chi connectivity index (χ4n) is 5.59. The van der Waals surface area contributed by atoms with Gasteiger partial charge in [0.2, 0.25) is 5.91 Å². The van der Waals surface area contributed by atoms with Gasteiger partial charge in [0, 0.05) is 36.7 Å². The number of fused-ring (bicyclic) bond motifs is 2. The van der Waals surface area contributed by atoms with E-state index in [1.807, 2.05) is 35.2 Å². The molecule has 0 spiro atoms. The van der Waals surface area contributed by atoms with Gasteiger partial charge >= 0.3 is 0 Å². The summed E-state index contributed by atoms with van der Waals surface area (Å²) in [4.78, 5) is 32.0. The number of benzene rings is 2. The molecule has 6 nitrogen and oxygen atoms in total. The molecule has 1 atom stereocenters. The lowest BCUT2D eigenvalue weighted by Gasteiger charge is -2.36.